The second kappa shape index (κ2) is 11.8. The summed E-state index contributed by atoms with van der Waals surface area (Å²) in [5.41, 5.74) is 3.48. The number of halogens is 1. The lowest BCUT2D eigenvalue weighted by atomic mass is 10.1. The first kappa shape index (κ1) is 26.1. The molecule has 0 saturated heterocycles. The molecule has 2 aromatic heterocycles. The fourth-order valence-electron chi connectivity index (χ4n) is 3.44. The van der Waals surface area contributed by atoms with Gasteiger partial charge in [0.05, 0.1) is 17.5 Å². The maximum atomic E-state index is 12.6. The summed E-state index contributed by atoms with van der Waals surface area (Å²) in [5, 5.41) is 17.5. The SMILES string of the molecule is CCn1c(SCC(=O)Nc2nc(-c3ccc(Br)cc3)cs2)nnc1[C@@H](C)NC(=O)c1ccc(C)cc1. The van der Waals surface area contributed by atoms with E-state index in [1.807, 2.05) is 67.1 Å². The molecule has 2 aromatic carbocycles. The Kier molecular flexibility index (Phi) is 8.55. The Balaban J connectivity index is 1.34. The van der Waals surface area contributed by atoms with Gasteiger partial charge in [0, 0.05) is 27.5 Å². The average molecular weight is 586 g/mol. The molecule has 0 aliphatic rings. The fourth-order valence-corrected chi connectivity index (χ4v) is 5.25. The molecule has 4 aromatic rings. The van der Waals surface area contributed by atoms with E-state index < -0.39 is 0 Å². The van der Waals surface area contributed by atoms with E-state index in [1.54, 1.807) is 12.1 Å². The Bertz CT molecular complexity index is 1350. The molecule has 0 bridgehead atoms. The first-order valence-corrected chi connectivity index (χ1v) is 13.9. The Labute approximate surface area is 226 Å². The van der Waals surface area contributed by atoms with Crippen LogP contribution in [0.1, 0.15) is 41.6 Å². The molecule has 36 heavy (non-hydrogen) atoms. The van der Waals surface area contributed by atoms with Crippen molar-refractivity contribution in [1.82, 2.24) is 25.1 Å². The first-order chi connectivity index (χ1) is 17.3. The lowest BCUT2D eigenvalue weighted by Gasteiger charge is -2.15. The van der Waals surface area contributed by atoms with Gasteiger partial charge in [-0.25, -0.2) is 4.98 Å². The van der Waals surface area contributed by atoms with Crippen LogP contribution in [0.2, 0.25) is 0 Å². The number of aromatic nitrogens is 4. The van der Waals surface area contributed by atoms with E-state index >= 15 is 0 Å². The average Bonchev–Trinajstić information content (AvgIpc) is 3.50. The molecule has 0 aliphatic carbocycles. The van der Waals surface area contributed by atoms with Crippen molar-refractivity contribution in [2.45, 2.75) is 38.5 Å². The fraction of sp³-hybridized carbons (Fsp3) is 0.240. The van der Waals surface area contributed by atoms with Crippen molar-refractivity contribution < 1.29 is 9.59 Å². The number of thioether (sulfide) groups is 1. The smallest absolute Gasteiger partial charge is 0.251 e. The van der Waals surface area contributed by atoms with Crippen LogP contribution in [0.4, 0.5) is 5.13 Å². The molecule has 0 aliphatic heterocycles. The summed E-state index contributed by atoms with van der Waals surface area (Å²) in [6, 6.07) is 14.9. The van der Waals surface area contributed by atoms with Crippen molar-refractivity contribution in [3.8, 4) is 11.3 Å². The molecular weight excluding hydrogens is 560 g/mol. The number of anilines is 1. The molecule has 0 fully saturated rings. The summed E-state index contributed by atoms with van der Waals surface area (Å²) in [4.78, 5) is 29.7. The predicted octanol–water partition coefficient (Wildman–Crippen LogP) is 5.71. The Hall–Kier alpha value is -3.02. The van der Waals surface area contributed by atoms with Gasteiger partial charge in [-0.05, 0) is 45.0 Å². The van der Waals surface area contributed by atoms with Gasteiger partial charge in [0.25, 0.3) is 5.91 Å². The molecule has 186 valence electrons. The summed E-state index contributed by atoms with van der Waals surface area (Å²) in [6.45, 7) is 6.44. The van der Waals surface area contributed by atoms with Gasteiger partial charge in [0.15, 0.2) is 16.1 Å². The number of thiazole rings is 1. The molecule has 2 N–H and O–H groups in total. The van der Waals surface area contributed by atoms with Crippen LogP contribution in [0.15, 0.2) is 63.5 Å². The molecule has 2 heterocycles. The van der Waals surface area contributed by atoms with Crippen molar-refractivity contribution in [3.63, 3.8) is 0 Å². The molecule has 0 unspecified atom stereocenters. The molecule has 8 nitrogen and oxygen atoms in total. The molecule has 0 saturated carbocycles. The van der Waals surface area contributed by atoms with Crippen LogP contribution in [0.5, 0.6) is 0 Å². The van der Waals surface area contributed by atoms with Gasteiger partial charge in [-0.3, -0.25) is 9.59 Å². The van der Waals surface area contributed by atoms with Crippen molar-refractivity contribution in [2.75, 3.05) is 11.1 Å². The number of hydrogen-bond donors (Lipinski definition) is 2. The highest BCUT2D eigenvalue weighted by Crippen LogP contribution is 2.27. The molecule has 4 rings (SSSR count). The third-order valence-corrected chi connectivity index (χ3v) is 7.59. The first-order valence-electron chi connectivity index (χ1n) is 11.3. The van der Waals surface area contributed by atoms with Crippen molar-refractivity contribution in [2.24, 2.45) is 0 Å². The van der Waals surface area contributed by atoms with E-state index in [-0.39, 0.29) is 23.6 Å². The topological polar surface area (TPSA) is 102 Å². The predicted molar refractivity (Wildman–Crippen MR) is 147 cm³/mol. The number of aryl methyl sites for hydroxylation is 1. The zero-order valence-corrected chi connectivity index (χ0v) is 23.2. The van der Waals surface area contributed by atoms with E-state index in [9.17, 15) is 9.59 Å². The zero-order chi connectivity index (χ0) is 25.7. The molecule has 0 radical (unpaired) electrons. The Morgan fingerprint density at radius 2 is 1.83 bits per heavy atom. The number of hydrogen-bond acceptors (Lipinski definition) is 7. The van der Waals surface area contributed by atoms with Gasteiger partial charge in [0.1, 0.15) is 0 Å². The highest BCUT2D eigenvalue weighted by molar-refractivity contribution is 9.10. The highest BCUT2D eigenvalue weighted by Gasteiger charge is 2.20. The second-order valence-corrected chi connectivity index (χ2v) is 10.7. The van der Waals surface area contributed by atoms with Gasteiger partial charge in [0.2, 0.25) is 5.91 Å². The lowest BCUT2D eigenvalue weighted by Crippen LogP contribution is -2.28. The monoisotopic (exact) mass is 584 g/mol. The number of carbonyl (C=O) groups excluding carboxylic acids is 2. The summed E-state index contributed by atoms with van der Waals surface area (Å²) >= 11 is 6.10. The van der Waals surface area contributed by atoms with Crippen molar-refractivity contribution in [3.05, 3.63) is 75.3 Å². The third-order valence-electron chi connectivity index (χ3n) is 5.33. The summed E-state index contributed by atoms with van der Waals surface area (Å²) in [5.74, 6) is 0.451. The van der Waals surface area contributed by atoms with Gasteiger partial charge >= 0.3 is 0 Å². The van der Waals surface area contributed by atoms with Crippen LogP contribution in [0.3, 0.4) is 0 Å². The normalized spacial score (nSPS) is 11.8. The number of benzene rings is 2. The van der Waals surface area contributed by atoms with Gasteiger partial charge in [-0.1, -0.05) is 57.5 Å². The van der Waals surface area contributed by atoms with E-state index in [4.69, 9.17) is 0 Å². The van der Waals surface area contributed by atoms with Gasteiger partial charge < -0.3 is 15.2 Å². The number of rotatable bonds is 9. The van der Waals surface area contributed by atoms with Crippen LogP contribution in [-0.2, 0) is 11.3 Å². The summed E-state index contributed by atoms with van der Waals surface area (Å²) in [6.07, 6.45) is 0. The van der Waals surface area contributed by atoms with Crippen LogP contribution in [0.25, 0.3) is 11.3 Å². The number of carbonyl (C=O) groups is 2. The Morgan fingerprint density at radius 3 is 2.53 bits per heavy atom. The second-order valence-electron chi connectivity index (χ2n) is 8.03. The van der Waals surface area contributed by atoms with Gasteiger partial charge in [-0.2, -0.15) is 0 Å². The molecule has 0 spiro atoms. The van der Waals surface area contributed by atoms with Crippen LogP contribution >= 0.6 is 39.0 Å². The third kappa shape index (κ3) is 6.40. The standard InChI is InChI=1S/C25H25BrN6O2S2/c1-4-32-22(16(3)27-23(34)18-7-5-15(2)6-8-18)30-31-25(32)36-14-21(33)29-24-28-20(13-35-24)17-9-11-19(26)12-10-17/h5-13,16H,4,14H2,1-3H3,(H,27,34)(H,28,29,33)/t16-/m1/s1. The number of nitrogens with zero attached hydrogens (tertiary/aromatic N) is 4. The Morgan fingerprint density at radius 1 is 1.11 bits per heavy atom. The maximum Gasteiger partial charge on any atom is 0.251 e. The van der Waals surface area contributed by atoms with Gasteiger partial charge in [-0.15, -0.1) is 21.5 Å². The number of amides is 2. The summed E-state index contributed by atoms with van der Waals surface area (Å²) in [7, 11) is 0. The zero-order valence-electron chi connectivity index (χ0n) is 20.0. The van der Waals surface area contributed by atoms with E-state index in [1.165, 1.54) is 23.1 Å². The van der Waals surface area contributed by atoms with Crippen molar-refractivity contribution >= 4 is 56.0 Å². The highest BCUT2D eigenvalue weighted by atomic mass is 79.9. The van der Waals surface area contributed by atoms with E-state index in [0.717, 1.165) is 21.3 Å². The molecular formula is C25H25BrN6O2S2. The molecule has 11 heteroatoms. The minimum absolute atomic E-state index is 0.162. The lowest BCUT2D eigenvalue weighted by molar-refractivity contribution is -0.113. The van der Waals surface area contributed by atoms with E-state index in [2.05, 4.69) is 41.7 Å². The molecule has 1 atom stereocenters. The van der Waals surface area contributed by atoms with Crippen LogP contribution in [-0.4, -0.2) is 37.3 Å². The quantitative estimate of drug-likeness (QED) is 0.244. The molecule has 2 amide bonds. The minimum Gasteiger partial charge on any atom is -0.342 e. The number of nitrogens with one attached hydrogen (secondary N) is 2. The van der Waals surface area contributed by atoms with Crippen LogP contribution < -0.4 is 10.6 Å². The maximum absolute atomic E-state index is 12.6. The minimum atomic E-state index is -0.346. The van der Waals surface area contributed by atoms with E-state index in [0.29, 0.717) is 28.2 Å². The largest absolute Gasteiger partial charge is 0.342 e. The summed E-state index contributed by atoms with van der Waals surface area (Å²) < 4.78 is 2.91. The van der Waals surface area contributed by atoms with Crippen molar-refractivity contribution in [1.29, 1.82) is 0 Å². The van der Waals surface area contributed by atoms with Crippen LogP contribution in [0, 0.1) is 6.92 Å².